The van der Waals surface area contributed by atoms with Crippen molar-refractivity contribution in [3.63, 3.8) is 0 Å². The number of nitrogens with zero attached hydrogens (tertiary/aromatic N) is 7. The number of aromatic nitrogens is 5. The van der Waals surface area contributed by atoms with Crippen molar-refractivity contribution in [2.45, 2.75) is 50.5 Å². The van der Waals surface area contributed by atoms with Gasteiger partial charge in [-0.1, -0.05) is 24.3 Å². The molecule has 0 amide bonds. The van der Waals surface area contributed by atoms with Gasteiger partial charge in [-0.2, -0.15) is 5.10 Å². The second kappa shape index (κ2) is 14.3. The number of rotatable bonds is 10. The molecule has 0 spiro atoms. The molecule has 6 aromatic rings. The van der Waals surface area contributed by atoms with E-state index in [0.717, 1.165) is 47.0 Å². The molecule has 4 N–H and O–H groups in total. The normalized spacial score (nSPS) is 17.0. The standard InChI is InChI=1S/C38H39F2N9O3S/c1-24(38(51,21-47-23-42-22-44-47)30-9-7-25(39)17-31(30)40)46-13-11-26(12-14-46)43-20-29-19-33-36(53-29)45-35(41)37(50)49(33)28-8-10-34-32(18-28)48(15-16-52-34)27-5-3-2-4-6-27/h2-10,17-19,22-24,26,43,51H,11-16,20-21H2,1H3,(H2,41,45)/t24-,38+/m1/s1. The van der Waals surface area contributed by atoms with Crippen LogP contribution in [-0.2, 0) is 18.7 Å². The number of hydrogen-bond donors (Lipinski definition) is 3. The van der Waals surface area contributed by atoms with Crippen LogP contribution in [0.25, 0.3) is 16.0 Å². The van der Waals surface area contributed by atoms with Gasteiger partial charge in [-0.15, -0.1) is 11.3 Å². The average molecular weight is 740 g/mol. The Morgan fingerprint density at radius 2 is 1.87 bits per heavy atom. The molecule has 0 aliphatic carbocycles. The van der Waals surface area contributed by atoms with Gasteiger partial charge >= 0.3 is 0 Å². The number of thiophene rings is 1. The Bertz CT molecular complexity index is 2290. The first-order valence-corrected chi connectivity index (χ1v) is 18.4. The fourth-order valence-corrected chi connectivity index (χ4v) is 8.46. The van der Waals surface area contributed by atoms with Crippen LogP contribution in [0.3, 0.4) is 0 Å². The molecule has 0 radical (unpaired) electrons. The van der Waals surface area contributed by atoms with Crippen LogP contribution in [0.1, 0.15) is 30.2 Å². The van der Waals surface area contributed by atoms with Crippen LogP contribution < -0.4 is 26.2 Å². The summed E-state index contributed by atoms with van der Waals surface area (Å²) in [7, 11) is 0. The minimum atomic E-state index is -1.70. The third kappa shape index (κ3) is 6.76. The topological polar surface area (TPSA) is 140 Å². The minimum absolute atomic E-state index is 0.0110. The molecule has 2 aliphatic heterocycles. The Kier molecular flexibility index (Phi) is 9.41. The van der Waals surface area contributed by atoms with E-state index in [9.17, 15) is 14.3 Å². The summed E-state index contributed by atoms with van der Waals surface area (Å²) in [5.74, 6) is -0.846. The first-order chi connectivity index (χ1) is 25.7. The number of para-hydroxylation sites is 1. The van der Waals surface area contributed by atoms with Crippen molar-refractivity contribution in [1.82, 2.24) is 34.5 Å². The molecule has 1 saturated heterocycles. The molecule has 8 rings (SSSR count). The van der Waals surface area contributed by atoms with Gasteiger partial charge in [-0.05, 0) is 62.2 Å². The third-order valence-electron chi connectivity index (χ3n) is 10.4. The maximum Gasteiger partial charge on any atom is 0.298 e. The largest absolute Gasteiger partial charge is 0.490 e. The van der Waals surface area contributed by atoms with E-state index in [1.165, 1.54) is 34.7 Å². The molecule has 3 aromatic heterocycles. The summed E-state index contributed by atoms with van der Waals surface area (Å²) in [5.41, 5.74) is 7.36. The molecule has 0 unspecified atom stereocenters. The zero-order chi connectivity index (χ0) is 36.7. The monoisotopic (exact) mass is 739 g/mol. The maximum absolute atomic E-state index is 15.1. The average Bonchev–Trinajstić information content (AvgIpc) is 3.83. The number of hydrogen-bond acceptors (Lipinski definition) is 11. The van der Waals surface area contributed by atoms with E-state index in [1.54, 1.807) is 4.57 Å². The maximum atomic E-state index is 15.1. The molecule has 53 heavy (non-hydrogen) atoms. The second-order valence-electron chi connectivity index (χ2n) is 13.5. The molecule has 0 bridgehead atoms. The highest BCUT2D eigenvalue weighted by Gasteiger charge is 2.42. The second-order valence-corrected chi connectivity index (χ2v) is 14.7. The van der Waals surface area contributed by atoms with E-state index in [0.29, 0.717) is 48.8 Å². The van der Waals surface area contributed by atoms with Crippen molar-refractivity contribution >= 4 is 38.9 Å². The molecular weight excluding hydrogens is 701 g/mol. The fourth-order valence-electron chi connectivity index (χ4n) is 7.49. The highest BCUT2D eigenvalue weighted by Crippen LogP contribution is 2.39. The number of nitrogen functional groups attached to an aromatic ring is 1. The highest BCUT2D eigenvalue weighted by molar-refractivity contribution is 7.18. The van der Waals surface area contributed by atoms with E-state index >= 15 is 4.39 Å². The van der Waals surface area contributed by atoms with Crippen LogP contribution in [0.5, 0.6) is 5.75 Å². The molecule has 15 heteroatoms. The fraction of sp³-hybridized carbons (Fsp3) is 0.316. The van der Waals surface area contributed by atoms with Gasteiger partial charge in [-0.25, -0.2) is 23.4 Å². The Hall–Kier alpha value is -5.22. The van der Waals surface area contributed by atoms with Gasteiger partial charge in [0.15, 0.2) is 5.82 Å². The number of benzene rings is 3. The number of ether oxygens (including phenoxy) is 1. The van der Waals surface area contributed by atoms with Gasteiger partial charge in [-0.3, -0.25) is 14.3 Å². The van der Waals surface area contributed by atoms with Gasteiger partial charge in [0.25, 0.3) is 5.56 Å². The SMILES string of the molecule is C[C@@H](N1CCC(NCc2cc3c(nc(N)c(=O)n3-c3ccc4c(c3)N(c3ccccc3)CCO4)s2)CC1)[C@@](O)(Cn1cncn1)c1ccc(F)cc1F. The summed E-state index contributed by atoms with van der Waals surface area (Å²) in [6, 6.07) is 20.7. The van der Waals surface area contributed by atoms with Gasteiger partial charge in [0.05, 0.1) is 30.0 Å². The van der Waals surface area contributed by atoms with Crippen LogP contribution in [0.4, 0.5) is 26.0 Å². The number of nitrogens with one attached hydrogen (secondary N) is 1. The molecule has 2 atom stereocenters. The number of halogens is 2. The molecule has 12 nitrogen and oxygen atoms in total. The molecule has 1 fully saturated rings. The van der Waals surface area contributed by atoms with Crippen LogP contribution in [0.2, 0.25) is 0 Å². The van der Waals surface area contributed by atoms with Crippen LogP contribution in [-0.4, -0.2) is 72.6 Å². The molecule has 274 valence electrons. The van der Waals surface area contributed by atoms with Crippen molar-refractivity contribution in [2.24, 2.45) is 0 Å². The molecular formula is C38H39F2N9O3S. The number of piperidine rings is 1. The van der Waals surface area contributed by atoms with Crippen molar-refractivity contribution in [1.29, 1.82) is 0 Å². The Morgan fingerprint density at radius 1 is 1.06 bits per heavy atom. The number of nitrogens with two attached hydrogens (primary N) is 1. The highest BCUT2D eigenvalue weighted by atomic mass is 32.1. The Morgan fingerprint density at radius 3 is 2.62 bits per heavy atom. The number of likely N-dealkylation sites (tertiary alicyclic amines) is 1. The minimum Gasteiger partial charge on any atom is -0.490 e. The summed E-state index contributed by atoms with van der Waals surface area (Å²) < 4.78 is 38.0. The zero-order valence-electron chi connectivity index (χ0n) is 29.0. The van der Waals surface area contributed by atoms with Crippen molar-refractivity contribution in [2.75, 3.05) is 36.9 Å². The summed E-state index contributed by atoms with van der Waals surface area (Å²) in [5, 5.41) is 19.8. The smallest absolute Gasteiger partial charge is 0.298 e. The van der Waals surface area contributed by atoms with E-state index < -0.39 is 23.3 Å². The van der Waals surface area contributed by atoms with Crippen molar-refractivity contribution in [3.8, 4) is 11.4 Å². The number of aliphatic hydroxyl groups is 1. The Balaban J connectivity index is 0.982. The van der Waals surface area contributed by atoms with Crippen molar-refractivity contribution in [3.05, 3.63) is 118 Å². The molecule has 0 saturated carbocycles. The Labute approximate surface area is 308 Å². The van der Waals surface area contributed by atoms with Crippen molar-refractivity contribution < 1.29 is 18.6 Å². The molecule has 5 heterocycles. The summed E-state index contributed by atoms with van der Waals surface area (Å²) in [4.78, 5) is 27.9. The third-order valence-corrected chi connectivity index (χ3v) is 11.4. The van der Waals surface area contributed by atoms with E-state index in [-0.39, 0.29) is 29.5 Å². The first-order valence-electron chi connectivity index (χ1n) is 17.6. The van der Waals surface area contributed by atoms with E-state index in [2.05, 4.69) is 42.3 Å². The molecule has 2 aliphatic rings. The zero-order valence-corrected chi connectivity index (χ0v) is 29.8. The summed E-state index contributed by atoms with van der Waals surface area (Å²) in [6.07, 6.45) is 4.39. The lowest BCUT2D eigenvalue weighted by molar-refractivity contribution is -0.0697. The first kappa shape index (κ1) is 34.8. The van der Waals surface area contributed by atoms with E-state index in [1.807, 2.05) is 49.4 Å². The molecule has 3 aromatic carbocycles. The van der Waals surface area contributed by atoms with Crippen LogP contribution in [0.15, 0.2) is 90.2 Å². The number of fused-ring (bicyclic) bond motifs is 2. The lowest BCUT2D eigenvalue weighted by Crippen LogP contribution is -2.55. The summed E-state index contributed by atoms with van der Waals surface area (Å²) >= 11 is 1.49. The number of anilines is 3. The predicted molar refractivity (Wildman–Crippen MR) is 200 cm³/mol. The lowest BCUT2D eigenvalue weighted by atomic mass is 9.84. The van der Waals surface area contributed by atoms with Gasteiger partial charge in [0.1, 0.15) is 47.1 Å². The quantitative estimate of drug-likeness (QED) is 0.177. The van der Waals surface area contributed by atoms with Crippen LogP contribution >= 0.6 is 11.3 Å². The van der Waals surface area contributed by atoms with Gasteiger partial charge in [0, 0.05) is 53.9 Å². The summed E-state index contributed by atoms with van der Waals surface area (Å²) in [6.45, 7) is 4.89. The van der Waals surface area contributed by atoms with Crippen LogP contribution in [0, 0.1) is 11.6 Å². The predicted octanol–water partition coefficient (Wildman–Crippen LogP) is 4.96. The van der Waals surface area contributed by atoms with E-state index in [4.69, 9.17) is 10.5 Å². The van der Waals surface area contributed by atoms with Gasteiger partial charge < -0.3 is 25.8 Å². The lowest BCUT2D eigenvalue weighted by Gasteiger charge is -2.44. The van der Waals surface area contributed by atoms with Gasteiger partial charge in [0.2, 0.25) is 0 Å².